The predicted molar refractivity (Wildman–Crippen MR) is 72.3 cm³/mol. The van der Waals surface area contributed by atoms with Crippen LogP contribution in [0.5, 0.6) is 0 Å². The van der Waals surface area contributed by atoms with Crippen LogP contribution in [0.25, 0.3) is 0 Å². The monoisotopic (exact) mass is 225 g/mol. The lowest BCUT2D eigenvalue weighted by atomic mass is 10.1. The molecule has 0 fully saturated rings. The topological polar surface area (TPSA) is 9.23 Å². The Kier molecular flexibility index (Phi) is 14.4. The zero-order valence-corrected chi connectivity index (χ0v) is 11.0. The highest BCUT2D eigenvalue weighted by molar-refractivity contribution is 4.65. The summed E-state index contributed by atoms with van der Waals surface area (Å²) < 4.78 is 5.21. The molecule has 0 atom stereocenters. The van der Waals surface area contributed by atoms with Gasteiger partial charge >= 0.3 is 0 Å². The summed E-state index contributed by atoms with van der Waals surface area (Å²) in [6, 6.07) is 0. The van der Waals surface area contributed by atoms with E-state index in [1.54, 1.807) is 6.08 Å². The molecule has 0 amide bonds. The Morgan fingerprint density at radius 3 is 2.00 bits per heavy atom. The molecule has 0 saturated heterocycles. The summed E-state index contributed by atoms with van der Waals surface area (Å²) in [7, 11) is 0. The molecular formula is C15H29O. The van der Waals surface area contributed by atoms with Gasteiger partial charge in [0, 0.05) is 0 Å². The second-order valence-electron chi connectivity index (χ2n) is 4.41. The summed E-state index contributed by atoms with van der Waals surface area (Å²) in [4.78, 5) is 0. The van der Waals surface area contributed by atoms with E-state index in [0.717, 1.165) is 6.42 Å². The number of rotatable bonds is 13. The van der Waals surface area contributed by atoms with Crippen molar-refractivity contribution in [1.29, 1.82) is 0 Å². The highest BCUT2D eigenvalue weighted by Crippen LogP contribution is 2.10. The van der Waals surface area contributed by atoms with Crippen LogP contribution in [0.15, 0.2) is 12.7 Å². The SMILES string of the molecule is C=CCO[CH]CCCCCCCCCCC. The van der Waals surface area contributed by atoms with Crippen molar-refractivity contribution in [1.82, 2.24) is 0 Å². The Balaban J connectivity index is 2.85. The largest absolute Gasteiger partial charge is 0.371 e. The van der Waals surface area contributed by atoms with Crippen LogP contribution in [-0.4, -0.2) is 6.61 Å². The van der Waals surface area contributed by atoms with Crippen LogP contribution in [-0.2, 0) is 4.74 Å². The van der Waals surface area contributed by atoms with Crippen LogP contribution < -0.4 is 0 Å². The van der Waals surface area contributed by atoms with Crippen molar-refractivity contribution in [2.45, 2.75) is 71.1 Å². The third-order valence-corrected chi connectivity index (χ3v) is 2.76. The smallest absolute Gasteiger partial charge is 0.0841 e. The summed E-state index contributed by atoms with van der Waals surface area (Å²) in [6.07, 6.45) is 15.3. The van der Waals surface area contributed by atoms with E-state index in [2.05, 4.69) is 13.5 Å². The average molecular weight is 225 g/mol. The quantitative estimate of drug-likeness (QED) is 0.306. The first-order valence-corrected chi connectivity index (χ1v) is 6.96. The Morgan fingerprint density at radius 2 is 1.44 bits per heavy atom. The van der Waals surface area contributed by atoms with Crippen LogP contribution in [0.1, 0.15) is 71.1 Å². The predicted octanol–water partition coefficient (Wildman–Crippen LogP) is 5.27. The van der Waals surface area contributed by atoms with E-state index in [1.807, 2.05) is 6.61 Å². The van der Waals surface area contributed by atoms with E-state index in [1.165, 1.54) is 57.8 Å². The van der Waals surface area contributed by atoms with Crippen molar-refractivity contribution >= 4 is 0 Å². The zero-order chi connectivity index (χ0) is 11.9. The van der Waals surface area contributed by atoms with Gasteiger partial charge in [-0.25, -0.2) is 0 Å². The standard InChI is InChI=1S/C15H29O/c1-3-5-6-7-8-9-10-11-12-13-15-16-14-4-2/h4,15H,2-3,5-14H2,1H3. The molecule has 0 spiro atoms. The molecule has 1 nitrogen and oxygen atoms in total. The van der Waals surface area contributed by atoms with Crippen LogP contribution in [0.3, 0.4) is 0 Å². The maximum atomic E-state index is 5.21. The number of unbranched alkanes of at least 4 members (excludes halogenated alkanes) is 9. The maximum absolute atomic E-state index is 5.21. The summed E-state index contributed by atoms with van der Waals surface area (Å²) >= 11 is 0. The number of hydrogen-bond acceptors (Lipinski definition) is 1. The van der Waals surface area contributed by atoms with Crippen molar-refractivity contribution in [2.75, 3.05) is 6.61 Å². The third-order valence-electron chi connectivity index (χ3n) is 2.76. The molecule has 0 aliphatic rings. The van der Waals surface area contributed by atoms with E-state index < -0.39 is 0 Å². The molecule has 0 aromatic heterocycles. The zero-order valence-electron chi connectivity index (χ0n) is 11.0. The molecule has 16 heavy (non-hydrogen) atoms. The van der Waals surface area contributed by atoms with E-state index in [4.69, 9.17) is 4.74 Å². The van der Waals surface area contributed by atoms with Gasteiger partial charge in [-0.1, -0.05) is 70.8 Å². The Labute approximate surface area is 102 Å². The minimum absolute atomic E-state index is 0.650. The molecule has 0 aromatic rings. The van der Waals surface area contributed by atoms with Gasteiger partial charge in [0.15, 0.2) is 0 Å². The van der Waals surface area contributed by atoms with E-state index in [-0.39, 0.29) is 0 Å². The van der Waals surface area contributed by atoms with Crippen molar-refractivity contribution < 1.29 is 4.74 Å². The fraction of sp³-hybridized carbons (Fsp3) is 0.800. The minimum Gasteiger partial charge on any atom is -0.371 e. The molecule has 0 saturated carbocycles. The third kappa shape index (κ3) is 13.7. The molecule has 0 aliphatic carbocycles. The van der Waals surface area contributed by atoms with Crippen molar-refractivity contribution in [3.8, 4) is 0 Å². The Bertz CT molecular complexity index is 131. The van der Waals surface area contributed by atoms with Crippen LogP contribution in [0, 0.1) is 6.61 Å². The lowest BCUT2D eigenvalue weighted by molar-refractivity contribution is 0.222. The van der Waals surface area contributed by atoms with Gasteiger partial charge in [0.05, 0.1) is 13.2 Å². The molecule has 0 N–H and O–H groups in total. The number of ether oxygens (including phenoxy) is 1. The van der Waals surface area contributed by atoms with Crippen LogP contribution >= 0.6 is 0 Å². The molecule has 95 valence electrons. The molecule has 1 heteroatoms. The molecule has 1 radical (unpaired) electrons. The van der Waals surface area contributed by atoms with Gasteiger partial charge in [-0.3, -0.25) is 0 Å². The summed E-state index contributed by atoms with van der Waals surface area (Å²) in [5, 5.41) is 0. The molecule has 0 heterocycles. The fourth-order valence-electron chi connectivity index (χ4n) is 1.76. The first-order valence-electron chi connectivity index (χ1n) is 6.96. The van der Waals surface area contributed by atoms with Crippen molar-refractivity contribution in [3.05, 3.63) is 19.3 Å². The first-order chi connectivity index (χ1) is 7.91. The normalized spacial score (nSPS) is 10.6. The van der Waals surface area contributed by atoms with Gasteiger partial charge in [-0.2, -0.15) is 0 Å². The van der Waals surface area contributed by atoms with Gasteiger partial charge in [-0.15, -0.1) is 6.58 Å². The Morgan fingerprint density at radius 1 is 0.875 bits per heavy atom. The van der Waals surface area contributed by atoms with E-state index in [0.29, 0.717) is 6.61 Å². The summed E-state index contributed by atoms with van der Waals surface area (Å²) in [5.41, 5.74) is 0. The highest BCUT2D eigenvalue weighted by atomic mass is 16.5. The van der Waals surface area contributed by atoms with Gasteiger partial charge in [-0.05, 0) is 6.42 Å². The van der Waals surface area contributed by atoms with E-state index in [9.17, 15) is 0 Å². The van der Waals surface area contributed by atoms with Crippen LogP contribution in [0.4, 0.5) is 0 Å². The fourth-order valence-corrected chi connectivity index (χ4v) is 1.76. The maximum Gasteiger partial charge on any atom is 0.0841 e. The van der Waals surface area contributed by atoms with Gasteiger partial charge < -0.3 is 4.74 Å². The van der Waals surface area contributed by atoms with Gasteiger partial charge in [0.25, 0.3) is 0 Å². The molecule has 0 rings (SSSR count). The van der Waals surface area contributed by atoms with Crippen molar-refractivity contribution in [2.24, 2.45) is 0 Å². The first kappa shape index (κ1) is 15.7. The van der Waals surface area contributed by atoms with Crippen LogP contribution in [0.2, 0.25) is 0 Å². The molecule has 0 aromatic carbocycles. The second-order valence-corrected chi connectivity index (χ2v) is 4.41. The van der Waals surface area contributed by atoms with Gasteiger partial charge in [0.2, 0.25) is 0 Å². The molecule has 0 unspecified atom stereocenters. The minimum atomic E-state index is 0.650. The summed E-state index contributed by atoms with van der Waals surface area (Å²) in [6.45, 7) is 8.44. The average Bonchev–Trinajstić information content (AvgIpc) is 2.31. The molecule has 0 aliphatic heterocycles. The number of hydrogen-bond donors (Lipinski definition) is 0. The molecule has 0 bridgehead atoms. The molecular weight excluding hydrogens is 196 g/mol. The summed E-state index contributed by atoms with van der Waals surface area (Å²) in [5.74, 6) is 0. The highest BCUT2D eigenvalue weighted by Gasteiger charge is 1.92. The van der Waals surface area contributed by atoms with Gasteiger partial charge in [0.1, 0.15) is 0 Å². The second kappa shape index (κ2) is 14.7. The lowest BCUT2D eigenvalue weighted by Gasteiger charge is -2.02. The Hall–Kier alpha value is -0.300. The lowest BCUT2D eigenvalue weighted by Crippen LogP contribution is -1.88. The van der Waals surface area contributed by atoms with E-state index >= 15 is 0 Å². The van der Waals surface area contributed by atoms with Crippen molar-refractivity contribution in [3.63, 3.8) is 0 Å².